The Hall–Kier alpha value is -0.530. The Kier molecular flexibility index (Phi) is 3.99. The highest BCUT2D eigenvalue weighted by molar-refractivity contribution is 8.13. The predicted octanol–water partition coefficient (Wildman–Crippen LogP) is 1.58. The number of likely N-dealkylation sites (tertiary alicyclic amines) is 1. The first-order chi connectivity index (χ1) is 9.01. The molecule has 0 aromatic rings. The topological polar surface area (TPSA) is 72.9 Å². The molecule has 0 saturated carbocycles. The monoisotopic (exact) mass is 325 g/mol. The normalized spacial score (nSPS) is 25.6. The fourth-order valence-electron chi connectivity index (χ4n) is 2.68. The molecule has 2 aliphatic heterocycles. The standard InChI is InChI=1S/C12H20ClNO5S/c1-11(2,3)19-10(15)14-7-12(8-14)4-5-18-9(12)6-20(13,16)17/h9H,4-8H2,1-3H3. The second-order valence-electron chi connectivity index (χ2n) is 6.51. The van der Waals surface area contributed by atoms with E-state index in [1.54, 1.807) is 4.90 Å². The van der Waals surface area contributed by atoms with Crippen LogP contribution in [-0.2, 0) is 18.5 Å². The first-order valence-electron chi connectivity index (χ1n) is 6.53. The zero-order chi connectivity index (χ0) is 15.2. The molecule has 8 heteroatoms. The first kappa shape index (κ1) is 15.9. The van der Waals surface area contributed by atoms with E-state index in [4.69, 9.17) is 20.2 Å². The van der Waals surface area contributed by atoms with Gasteiger partial charge in [0.1, 0.15) is 5.60 Å². The lowest BCUT2D eigenvalue weighted by Gasteiger charge is -2.49. The second-order valence-corrected chi connectivity index (χ2v) is 9.34. The zero-order valence-electron chi connectivity index (χ0n) is 11.9. The molecule has 1 unspecified atom stereocenters. The van der Waals surface area contributed by atoms with Gasteiger partial charge in [0.05, 0.1) is 11.9 Å². The molecule has 116 valence electrons. The minimum Gasteiger partial charge on any atom is -0.444 e. The lowest BCUT2D eigenvalue weighted by Crippen LogP contribution is -2.63. The highest BCUT2D eigenvalue weighted by Crippen LogP contribution is 2.44. The minimum atomic E-state index is -3.61. The summed E-state index contributed by atoms with van der Waals surface area (Å²) in [7, 11) is 1.69. The zero-order valence-corrected chi connectivity index (χ0v) is 13.5. The molecular weight excluding hydrogens is 306 g/mol. The van der Waals surface area contributed by atoms with Crippen molar-refractivity contribution in [2.75, 3.05) is 25.4 Å². The Labute approximate surface area is 123 Å². The van der Waals surface area contributed by atoms with Crippen LogP contribution >= 0.6 is 10.7 Å². The van der Waals surface area contributed by atoms with Gasteiger partial charge in [-0.2, -0.15) is 0 Å². The van der Waals surface area contributed by atoms with Crippen LogP contribution in [0, 0.1) is 5.41 Å². The largest absolute Gasteiger partial charge is 0.444 e. The predicted molar refractivity (Wildman–Crippen MR) is 74.2 cm³/mol. The third kappa shape index (κ3) is 3.56. The molecule has 1 spiro atoms. The van der Waals surface area contributed by atoms with E-state index in [0.717, 1.165) is 6.42 Å². The fraction of sp³-hybridized carbons (Fsp3) is 0.917. The van der Waals surface area contributed by atoms with E-state index in [1.165, 1.54) is 0 Å². The van der Waals surface area contributed by atoms with Crippen molar-refractivity contribution < 1.29 is 22.7 Å². The van der Waals surface area contributed by atoms with Crippen LogP contribution in [0.25, 0.3) is 0 Å². The summed E-state index contributed by atoms with van der Waals surface area (Å²) in [4.78, 5) is 13.5. The van der Waals surface area contributed by atoms with Gasteiger partial charge < -0.3 is 14.4 Å². The first-order valence-corrected chi connectivity index (χ1v) is 9.01. The van der Waals surface area contributed by atoms with E-state index in [9.17, 15) is 13.2 Å². The van der Waals surface area contributed by atoms with Crippen LogP contribution in [0.2, 0.25) is 0 Å². The van der Waals surface area contributed by atoms with Crippen molar-refractivity contribution in [1.29, 1.82) is 0 Å². The van der Waals surface area contributed by atoms with Gasteiger partial charge in [-0.3, -0.25) is 0 Å². The van der Waals surface area contributed by atoms with Crippen LogP contribution in [0.5, 0.6) is 0 Å². The lowest BCUT2D eigenvalue weighted by molar-refractivity contribution is -0.0594. The minimum absolute atomic E-state index is 0.212. The Morgan fingerprint density at radius 2 is 2.05 bits per heavy atom. The third-order valence-electron chi connectivity index (χ3n) is 3.62. The van der Waals surface area contributed by atoms with Crippen molar-refractivity contribution in [3.8, 4) is 0 Å². The van der Waals surface area contributed by atoms with E-state index >= 15 is 0 Å². The van der Waals surface area contributed by atoms with Crippen LogP contribution in [0.3, 0.4) is 0 Å². The van der Waals surface area contributed by atoms with E-state index in [-0.39, 0.29) is 17.3 Å². The average molecular weight is 326 g/mol. The number of hydrogen-bond acceptors (Lipinski definition) is 5. The smallest absolute Gasteiger partial charge is 0.410 e. The van der Waals surface area contributed by atoms with Gasteiger partial charge in [-0.05, 0) is 27.2 Å². The summed E-state index contributed by atoms with van der Waals surface area (Å²) >= 11 is 0. The third-order valence-corrected chi connectivity index (χ3v) is 4.69. The van der Waals surface area contributed by atoms with Crippen LogP contribution in [0.1, 0.15) is 27.2 Å². The number of hydrogen-bond donors (Lipinski definition) is 0. The number of carbonyl (C=O) groups excluding carboxylic acids is 1. The summed E-state index contributed by atoms with van der Waals surface area (Å²) in [5, 5.41) is 0. The summed E-state index contributed by atoms with van der Waals surface area (Å²) in [6.45, 7) is 6.84. The molecule has 2 saturated heterocycles. The molecule has 2 rings (SSSR count). The van der Waals surface area contributed by atoms with E-state index in [2.05, 4.69) is 0 Å². The van der Waals surface area contributed by atoms with E-state index < -0.39 is 20.8 Å². The van der Waals surface area contributed by atoms with Crippen molar-refractivity contribution in [3.05, 3.63) is 0 Å². The van der Waals surface area contributed by atoms with Crippen LogP contribution in [0.4, 0.5) is 4.79 Å². The molecule has 2 aliphatic rings. The molecule has 1 atom stereocenters. The summed E-state index contributed by atoms with van der Waals surface area (Å²) in [5.74, 6) is -0.212. The Balaban J connectivity index is 1.95. The van der Waals surface area contributed by atoms with Crippen LogP contribution in [-0.4, -0.2) is 56.6 Å². The molecule has 0 aromatic carbocycles. The molecule has 2 fully saturated rings. The maximum Gasteiger partial charge on any atom is 0.410 e. The Bertz CT molecular complexity index is 492. The molecule has 2 heterocycles. The molecule has 1 amide bonds. The average Bonchev–Trinajstić information content (AvgIpc) is 2.52. The highest BCUT2D eigenvalue weighted by Gasteiger charge is 2.55. The number of rotatable bonds is 2. The number of carbonyl (C=O) groups is 1. The van der Waals surface area contributed by atoms with Crippen LogP contribution < -0.4 is 0 Å². The number of amides is 1. The molecule has 0 N–H and O–H groups in total. The number of ether oxygens (including phenoxy) is 2. The molecule has 0 bridgehead atoms. The van der Waals surface area contributed by atoms with Gasteiger partial charge in [0.25, 0.3) is 0 Å². The summed E-state index contributed by atoms with van der Waals surface area (Å²) in [6.07, 6.45) is -0.0743. The van der Waals surface area contributed by atoms with Gasteiger partial charge in [0, 0.05) is 35.8 Å². The van der Waals surface area contributed by atoms with Gasteiger partial charge in [0.15, 0.2) is 0 Å². The molecule has 0 radical (unpaired) electrons. The number of halogens is 1. The Morgan fingerprint density at radius 3 is 2.55 bits per heavy atom. The van der Waals surface area contributed by atoms with Crippen molar-refractivity contribution in [3.63, 3.8) is 0 Å². The summed E-state index contributed by atoms with van der Waals surface area (Å²) < 4.78 is 33.2. The molecule has 0 aliphatic carbocycles. The van der Waals surface area contributed by atoms with Gasteiger partial charge in [-0.1, -0.05) is 0 Å². The van der Waals surface area contributed by atoms with Crippen LogP contribution in [0.15, 0.2) is 0 Å². The fourth-order valence-corrected chi connectivity index (χ4v) is 3.83. The van der Waals surface area contributed by atoms with Crippen molar-refractivity contribution in [1.82, 2.24) is 4.90 Å². The van der Waals surface area contributed by atoms with Gasteiger partial charge in [0.2, 0.25) is 9.05 Å². The van der Waals surface area contributed by atoms with E-state index in [1.807, 2.05) is 20.8 Å². The molecular formula is C12H20ClNO5S. The SMILES string of the molecule is CC(C)(C)OC(=O)N1CC2(CCOC2CS(=O)(=O)Cl)C1. The summed E-state index contributed by atoms with van der Waals surface area (Å²) in [5.41, 5.74) is -0.830. The number of nitrogens with zero attached hydrogens (tertiary/aromatic N) is 1. The molecule has 6 nitrogen and oxygen atoms in total. The van der Waals surface area contributed by atoms with E-state index in [0.29, 0.717) is 19.7 Å². The molecule has 20 heavy (non-hydrogen) atoms. The molecule has 0 aromatic heterocycles. The van der Waals surface area contributed by atoms with Crippen molar-refractivity contribution in [2.45, 2.75) is 38.9 Å². The maximum absolute atomic E-state index is 11.9. The lowest BCUT2D eigenvalue weighted by atomic mass is 9.74. The maximum atomic E-state index is 11.9. The second kappa shape index (κ2) is 5.03. The van der Waals surface area contributed by atoms with Gasteiger partial charge in [-0.25, -0.2) is 13.2 Å². The van der Waals surface area contributed by atoms with Crippen molar-refractivity contribution in [2.24, 2.45) is 5.41 Å². The van der Waals surface area contributed by atoms with Gasteiger partial charge >= 0.3 is 6.09 Å². The highest BCUT2D eigenvalue weighted by atomic mass is 35.7. The van der Waals surface area contributed by atoms with Gasteiger partial charge in [-0.15, -0.1) is 0 Å². The quantitative estimate of drug-likeness (QED) is 0.721. The Morgan fingerprint density at radius 1 is 1.45 bits per heavy atom. The van der Waals surface area contributed by atoms with Crippen molar-refractivity contribution >= 4 is 25.8 Å². The summed E-state index contributed by atoms with van der Waals surface area (Å²) in [6, 6.07) is 0.